The van der Waals surface area contributed by atoms with Gasteiger partial charge in [0.05, 0.1) is 12.1 Å². The molecule has 1 aromatic carbocycles. The van der Waals surface area contributed by atoms with Gasteiger partial charge in [0.25, 0.3) is 0 Å². The van der Waals surface area contributed by atoms with Crippen LogP contribution in [0.15, 0.2) is 23.1 Å². The lowest BCUT2D eigenvalue weighted by Crippen LogP contribution is -2.43. The van der Waals surface area contributed by atoms with Crippen LogP contribution in [0.4, 0.5) is 0 Å². The van der Waals surface area contributed by atoms with Crippen LogP contribution in [-0.4, -0.2) is 55.8 Å². The fourth-order valence-corrected chi connectivity index (χ4v) is 3.93. The molecule has 1 aromatic heterocycles. The number of hydrogen-bond acceptors (Lipinski definition) is 6. The number of fused-ring (bicyclic) bond motifs is 1. The van der Waals surface area contributed by atoms with Gasteiger partial charge in [-0.2, -0.15) is 15.0 Å². The Balaban J connectivity index is 0.00000176. The van der Waals surface area contributed by atoms with Gasteiger partial charge in [0.2, 0.25) is 10.0 Å². The molecule has 2 N–H and O–H groups in total. The average Bonchev–Trinajstić information content (AvgIpc) is 3.02. The lowest BCUT2D eigenvalue weighted by Gasteiger charge is -2.18. The minimum absolute atomic E-state index is 0. The normalized spacial score (nSPS) is 21.9. The molecule has 0 unspecified atom stereocenters. The zero-order valence-electron chi connectivity index (χ0n) is 12.2. The summed E-state index contributed by atoms with van der Waals surface area (Å²) in [5.74, 6) is 0. The molecular weight excluding hydrogens is 330 g/mol. The Bertz CT molecular complexity index is 763. The smallest absolute Gasteiger partial charge is 0.243 e. The number of ether oxygens (including phenoxy) is 1. The van der Waals surface area contributed by atoms with Crippen molar-refractivity contribution in [3.63, 3.8) is 0 Å². The number of rotatable bonds is 4. The summed E-state index contributed by atoms with van der Waals surface area (Å²) < 4.78 is 33.2. The van der Waals surface area contributed by atoms with Crippen LogP contribution in [0.3, 0.4) is 0 Å². The monoisotopic (exact) mass is 347 g/mol. The van der Waals surface area contributed by atoms with Crippen molar-refractivity contribution in [3.8, 4) is 0 Å². The molecule has 0 spiro atoms. The lowest BCUT2D eigenvalue weighted by molar-refractivity contribution is 0.103. The molecule has 22 heavy (non-hydrogen) atoms. The van der Waals surface area contributed by atoms with Crippen molar-refractivity contribution in [2.75, 3.05) is 20.2 Å². The van der Waals surface area contributed by atoms with Crippen LogP contribution in [-0.2, 0) is 21.8 Å². The van der Waals surface area contributed by atoms with Crippen LogP contribution >= 0.6 is 12.4 Å². The van der Waals surface area contributed by atoms with Crippen molar-refractivity contribution in [1.29, 1.82) is 0 Å². The molecule has 0 saturated carbocycles. The molecule has 1 saturated heterocycles. The van der Waals surface area contributed by atoms with Gasteiger partial charge in [-0.15, -0.1) is 12.4 Å². The Morgan fingerprint density at radius 3 is 2.86 bits per heavy atom. The first-order valence-corrected chi connectivity index (χ1v) is 8.05. The van der Waals surface area contributed by atoms with Crippen LogP contribution in [0.25, 0.3) is 11.0 Å². The molecule has 0 bridgehead atoms. The number of sulfonamides is 1. The van der Waals surface area contributed by atoms with Gasteiger partial charge < -0.3 is 10.1 Å². The summed E-state index contributed by atoms with van der Waals surface area (Å²) in [5.41, 5.74) is 0.917. The standard InChI is InChI=1S/C12H17N5O3S.ClH/c1-17-14-8-4-3-5-11(12(8)15-17)21(18,19)16-9-6-13-7-10(9)20-2;/h3-5,9-10,13,16H,6-7H2,1-2H3;1H/t9-,10-;/m0./s1. The summed E-state index contributed by atoms with van der Waals surface area (Å²) in [4.78, 5) is 1.49. The van der Waals surface area contributed by atoms with E-state index in [1.807, 2.05) is 0 Å². The van der Waals surface area contributed by atoms with Crippen molar-refractivity contribution in [2.24, 2.45) is 7.05 Å². The summed E-state index contributed by atoms with van der Waals surface area (Å²) in [6.07, 6.45) is -0.180. The summed E-state index contributed by atoms with van der Waals surface area (Å²) >= 11 is 0. The predicted octanol–water partition coefficient (Wildman–Crippen LogP) is -0.345. The van der Waals surface area contributed by atoms with Crippen LogP contribution < -0.4 is 10.0 Å². The molecule has 2 atom stereocenters. The van der Waals surface area contributed by atoms with Gasteiger partial charge in [0, 0.05) is 27.2 Å². The van der Waals surface area contributed by atoms with Gasteiger partial charge in [-0.05, 0) is 12.1 Å². The summed E-state index contributed by atoms with van der Waals surface area (Å²) in [6, 6.07) is 4.62. The number of aromatic nitrogens is 3. The number of nitrogens with zero attached hydrogens (tertiary/aromatic N) is 3. The van der Waals surface area contributed by atoms with E-state index < -0.39 is 10.0 Å². The van der Waals surface area contributed by atoms with E-state index in [1.54, 1.807) is 26.3 Å². The van der Waals surface area contributed by atoms with E-state index in [0.717, 1.165) is 0 Å². The number of benzene rings is 1. The van der Waals surface area contributed by atoms with E-state index in [1.165, 1.54) is 10.9 Å². The van der Waals surface area contributed by atoms with Crippen LogP contribution in [0.5, 0.6) is 0 Å². The fourth-order valence-electron chi connectivity index (χ4n) is 2.51. The Hall–Kier alpha value is -1.26. The van der Waals surface area contributed by atoms with Gasteiger partial charge in [-0.3, -0.25) is 0 Å². The van der Waals surface area contributed by atoms with Gasteiger partial charge in [-0.25, -0.2) is 13.1 Å². The quantitative estimate of drug-likeness (QED) is 0.785. The first-order valence-electron chi connectivity index (χ1n) is 6.57. The highest BCUT2D eigenvalue weighted by molar-refractivity contribution is 7.89. The number of halogens is 1. The largest absolute Gasteiger partial charge is 0.378 e. The first kappa shape index (κ1) is 17.1. The van der Waals surface area contributed by atoms with Gasteiger partial charge in [0.15, 0.2) is 0 Å². The Kier molecular flexibility index (Phi) is 5.03. The Morgan fingerprint density at radius 2 is 2.14 bits per heavy atom. The third kappa shape index (κ3) is 3.08. The highest BCUT2D eigenvalue weighted by atomic mass is 35.5. The van der Waals surface area contributed by atoms with Crippen molar-refractivity contribution in [1.82, 2.24) is 25.0 Å². The second-order valence-corrected chi connectivity index (χ2v) is 6.66. The maximum Gasteiger partial charge on any atom is 0.243 e. The number of aryl methyl sites for hydroxylation is 1. The predicted molar refractivity (Wildman–Crippen MR) is 83.5 cm³/mol. The maximum absolute atomic E-state index is 12.6. The van der Waals surface area contributed by atoms with E-state index in [9.17, 15) is 8.42 Å². The lowest BCUT2D eigenvalue weighted by atomic mass is 10.2. The van der Waals surface area contributed by atoms with E-state index in [-0.39, 0.29) is 29.4 Å². The first-order chi connectivity index (χ1) is 10.0. The van der Waals surface area contributed by atoms with Crippen LogP contribution in [0, 0.1) is 0 Å². The van der Waals surface area contributed by atoms with E-state index in [0.29, 0.717) is 24.1 Å². The molecule has 2 heterocycles. The zero-order chi connectivity index (χ0) is 15.0. The summed E-state index contributed by atoms with van der Waals surface area (Å²) in [5, 5.41) is 11.4. The highest BCUT2D eigenvalue weighted by Gasteiger charge is 2.32. The molecule has 3 rings (SSSR count). The average molecular weight is 348 g/mol. The second kappa shape index (κ2) is 6.47. The van der Waals surface area contributed by atoms with E-state index >= 15 is 0 Å². The maximum atomic E-state index is 12.6. The van der Waals surface area contributed by atoms with E-state index in [4.69, 9.17) is 4.74 Å². The van der Waals surface area contributed by atoms with Gasteiger partial charge >= 0.3 is 0 Å². The molecule has 1 fully saturated rings. The summed E-state index contributed by atoms with van der Waals surface area (Å²) in [6.45, 7) is 1.16. The minimum atomic E-state index is -3.69. The number of hydrogen-bond donors (Lipinski definition) is 2. The molecule has 0 radical (unpaired) electrons. The molecule has 10 heteroatoms. The molecule has 1 aliphatic rings. The topological polar surface area (TPSA) is 98.1 Å². The van der Waals surface area contributed by atoms with Crippen molar-refractivity contribution < 1.29 is 13.2 Å². The molecular formula is C12H18ClN5O3S. The molecule has 8 nitrogen and oxygen atoms in total. The van der Waals surface area contributed by atoms with Crippen LogP contribution in [0.2, 0.25) is 0 Å². The second-order valence-electron chi connectivity index (χ2n) is 4.97. The van der Waals surface area contributed by atoms with Crippen molar-refractivity contribution in [3.05, 3.63) is 18.2 Å². The minimum Gasteiger partial charge on any atom is -0.378 e. The molecule has 0 aliphatic carbocycles. The highest BCUT2D eigenvalue weighted by Crippen LogP contribution is 2.20. The van der Waals surface area contributed by atoms with Gasteiger partial charge in [0.1, 0.15) is 15.9 Å². The SMILES string of the molecule is CO[C@H]1CNC[C@@H]1NS(=O)(=O)c1cccc2nn(C)nc12.Cl. The Morgan fingerprint density at radius 1 is 1.36 bits per heavy atom. The molecule has 122 valence electrons. The number of methoxy groups -OCH3 is 1. The van der Waals surface area contributed by atoms with Crippen molar-refractivity contribution >= 4 is 33.5 Å². The van der Waals surface area contributed by atoms with Crippen LogP contribution in [0.1, 0.15) is 0 Å². The van der Waals surface area contributed by atoms with E-state index in [2.05, 4.69) is 20.2 Å². The third-order valence-corrected chi connectivity index (χ3v) is 5.05. The zero-order valence-corrected chi connectivity index (χ0v) is 13.8. The van der Waals surface area contributed by atoms with Gasteiger partial charge in [-0.1, -0.05) is 6.07 Å². The molecule has 1 aliphatic heterocycles. The third-order valence-electron chi connectivity index (χ3n) is 3.53. The number of nitrogens with one attached hydrogen (secondary N) is 2. The Labute approximate surface area is 134 Å². The summed E-state index contributed by atoms with van der Waals surface area (Å²) in [7, 11) is -0.456. The van der Waals surface area contributed by atoms with Crippen molar-refractivity contribution in [2.45, 2.75) is 17.0 Å². The fraction of sp³-hybridized carbons (Fsp3) is 0.500. The molecule has 0 amide bonds. The molecule has 2 aromatic rings.